The summed E-state index contributed by atoms with van der Waals surface area (Å²) < 4.78 is 2.26. The minimum Gasteiger partial charge on any atom is -0.325 e. The van der Waals surface area contributed by atoms with Crippen molar-refractivity contribution in [2.75, 3.05) is 0 Å². The number of rotatable bonds is 4. The Hall–Kier alpha value is -0.730. The van der Waals surface area contributed by atoms with Crippen molar-refractivity contribution >= 4 is 34.2 Å². The third-order valence-corrected chi connectivity index (χ3v) is 5.26. The van der Waals surface area contributed by atoms with Crippen LogP contribution >= 0.6 is 23.2 Å². The fourth-order valence-electron chi connectivity index (χ4n) is 3.26. The van der Waals surface area contributed by atoms with E-state index in [0.717, 1.165) is 28.4 Å². The normalized spacial score (nSPS) is 19.0. The zero-order valence-electron chi connectivity index (χ0n) is 12.0. The molecule has 1 aliphatic carbocycles. The Bertz CT molecular complexity index is 621. The number of aromatic nitrogens is 2. The maximum atomic E-state index is 6.41. The first-order valence-electron chi connectivity index (χ1n) is 7.35. The number of para-hydroxylation sites is 1. The van der Waals surface area contributed by atoms with Crippen LogP contribution in [-0.2, 0) is 6.54 Å². The molecular formula is C16H20Cl2N2. The number of nitrogens with zero attached hydrogens (tertiary/aromatic N) is 2. The zero-order valence-corrected chi connectivity index (χ0v) is 13.5. The third-order valence-electron chi connectivity index (χ3n) is 4.76. The maximum absolute atomic E-state index is 6.41. The van der Waals surface area contributed by atoms with Crippen molar-refractivity contribution < 1.29 is 0 Å². The lowest BCUT2D eigenvalue weighted by atomic mass is 9.67. The van der Waals surface area contributed by atoms with Crippen LogP contribution in [0.15, 0.2) is 18.2 Å². The van der Waals surface area contributed by atoms with Crippen LogP contribution in [0, 0.1) is 5.41 Å². The molecule has 2 nitrogen and oxygen atoms in total. The van der Waals surface area contributed by atoms with Crippen molar-refractivity contribution in [3.63, 3.8) is 0 Å². The van der Waals surface area contributed by atoms with Gasteiger partial charge in [-0.2, -0.15) is 0 Å². The number of imidazole rings is 1. The van der Waals surface area contributed by atoms with E-state index in [1.54, 1.807) is 0 Å². The van der Waals surface area contributed by atoms with Crippen LogP contribution in [0.25, 0.3) is 11.0 Å². The van der Waals surface area contributed by atoms with Crippen molar-refractivity contribution in [2.45, 2.75) is 51.5 Å². The first-order chi connectivity index (χ1) is 9.56. The molecule has 0 aliphatic heterocycles. The van der Waals surface area contributed by atoms with E-state index in [2.05, 4.69) is 11.5 Å². The standard InChI is InChI=1S/C16H20Cl2N2/c1-3-16(8-5-9-16)10-20-14-12(18)6-4-7-13(14)19-15(20)11(2)17/h4,6-7,11H,3,5,8-10H2,1-2H3. The molecule has 1 aromatic heterocycles. The van der Waals surface area contributed by atoms with E-state index in [1.165, 1.54) is 25.7 Å². The minimum atomic E-state index is -0.104. The molecule has 20 heavy (non-hydrogen) atoms. The number of benzene rings is 1. The summed E-state index contributed by atoms with van der Waals surface area (Å²) in [6, 6.07) is 5.90. The summed E-state index contributed by atoms with van der Waals surface area (Å²) in [6.07, 6.45) is 5.13. The summed E-state index contributed by atoms with van der Waals surface area (Å²) in [5.41, 5.74) is 2.40. The van der Waals surface area contributed by atoms with Gasteiger partial charge in [0.05, 0.1) is 21.4 Å². The lowest BCUT2D eigenvalue weighted by Gasteiger charge is -2.42. The van der Waals surface area contributed by atoms with Gasteiger partial charge < -0.3 is 4.57 Å². The Balaban J connectivity index is 2.13. The van der Waals surface area contributed by atoms with Crippen molar-refractivity contribution in [1.29, 1.82) is 0 Å². The highest BCUT2D eigenvalue weighted by Crippen LogP contribution is 2.46. The summed E-state index contributed by atoms with van der Waals surface area (Å²) in [5.74, 6) is 0.939. The fraction of sp³-hybridized carbons (Fsp3) is 0.562. The number of halogens is 2. The van der Waals surface area contributed by atoms with Crippen LogP contribution < -0.4 is 0 Å². The number of fused-ring (bicyclic) bond motifs is 1. The maximum Gasteiger partial charge on any atom is 0.127 e. The second kappa shape index (κ2) is 5.23. The predicted molar refractivity (Wildman–Crippen MR) is 85.6 cm³/mol. The molecule has 1 unspecified atom stereocenters. The summed E-state index contributed by atoms with van der Waals surface area (Å²) in [7, 11) is 0. The molecule has 4 heteroatoms. The molecule has 108 valence electrons. The van der Waals surface area contributed by atoms with E-state index in [4.69, 9.17) is 28.2 Å². The molecule has 1 fully saturated rings. The second-order valence-corrected chi connectivity index (χ2v) is 7.05. The Morgan fingerprint density at radius 1 is 1.40 bits per heavy atom. The van der Waals surface area contributed by atoms with E-state index < -0.39 is 0 Å². The number of hydrogen-bond acceptors (Lipinski definition) is 1. The molecule has 2 aromatic rings. The molecular weight excluding hydrogens is 291 g/mol. The molecule has 1 saturated carbocycles. The monoisotopic (exact) mass is 310 g/mol. The predicted octanol–water partition coefficient (Wildman–Crippen LogP) is 5.57. The summed E-state index contributed by atoms with van der Waals surface area (Å²) >= 11 is 12.7. The molecule has 1 atom stereocenters. The first kappa shape index (κ1) is 14.2. The van der Waals surface area contributed by atoms with Gasteiger partial charge >= 0.3 is 0 Å². The third kappa shape index (κ3) is 2.23. The first-order valence-corrected chi connectivity index (χ1v) is 8.16. The van der Waals surface area contributed by atoms with E-state index in [1.807, 2.05) is 25.1 Å². The van der Waals surface area contributed by atoms with Crippen molar-refractivity contribution in [1.82, 2.24) is 9.55 Å². The number of hydrogen-bond donors (Lipinski definition) is 0. The van der Waals surface area contributed by atoms with E-state index in [-0.39, 0.29) is 5.38 Å². The Labute approximate surface area is 130 Å². The van der Waals surface area contributed by atoms with Gasteiger partial charge in [0.25, 0.3) is 0 Å². The van der Waals surface area contributed by atoms with Gasteiger partial charge in [-0.25, -0.2) is 4.98 Å². The molecule has 0 spiro atoms. The largest absolute Gasteiger partial charge is 0.325 e. The molecule has 0 bridgehead atoms. The molecule has 1 aromatic carbocycles. The van der Waals surface area contributed by atoms with Crippen LogP contribution in [0.5, 0.6) is 0 Å². The van der Waals surface area contributed by atoms with Crippen molar-refractivity contribution in [3.8, 4) is 0 Å². The van der Waals surface area contributed by atoms with Crippen molar-refractivity contribution in [3.05, 3.63) is 29.0 Å². The second-order valence-electron chi connectivity index (χ2n) is 5.99. The van der Waals surface area contributed by atoms with Crippen LogP contribution in [0.2, 0.25) is 5.02 Å². The average Bonchev–Trinajstić information content (AvgIpc) is 2.74. The molecule has 3 rings (SSSR count). The van der Waals surface area contributed by atoms with Gasteiger partial charge in [-0.15, -0.1) is 11.6 Å². The van der Waals surface area contributed by atoms with Gasteiger partial charge in [0.1, 0.15) is 5.82 Å². The molecule has 0 amide bonds. The zero-order chi connectivity index (χ0) is 14.3. The smallest absolute Gasteiger partial charge is 0.127 e. The summed E-state index contributed by atoms with van der Waals surface area (Å²) in [5, 5.41) is 0.664. The Kier molecular flexibility index (Phi) is 3.72. The fourth-order valence-corrected chi connectivity index (χ4v) is 3.70. The molecule has 0 N–H and O–H groups in total. The summed E-state index contributed by atoms with van der Waals surface area (Å²) in [6.45, 7) is 5.24. The van der Waals surface area contributed by atoms with E-state index >= 15 is 0 Å². The van der Waals surface area contributed by atoms with E-state index in [9.17, 15) is 0 Å². The van der Waals surface area contributed by atoms with Crippen LogP contribution in [0.4, 0.5) is 0 Å². The van der Waals surface area contributed by atoms with Gasteiger partial charge in [-0.3, -0.25) is 0 Å². The van der Waals surface area contributed by atoms with Crippen LogP contribution in [0.1, 0.15) is 50.7 Å². The van der Waals surface area contributed by atoms with Crippen molar-refractivity contribution in [2.24, 2.45) is 5.41 Å². The molecule has 1 heterocycles. The van der Waals surface area contributed by atoms with Crippen LogP contribution in [-0.4, -0.2) is 9.55 Å². The SMILES string of the molecule is CCC1(Cn2c(C(C)Cl)nc3cccc(Cl)c32)CCC1. The molecule has 1 aliphatic rings. The molecule has 0 saturated heterocycles. The Morgan fingerprint density at radius 3 is 2.70 bits per heavy atom. The highest BCUT2D eigenvalue weighted by molar-refractivity contribution is 6.35. The highest BCUT2D eigenvalue weighted by Gasteiger charge is 2.36. The highest BCUT2D eigenvalue weighted by atomic mass is 35.5. The quantitative estimate of drug-likeness (QED) is 0.675. The van der Waals surface area contributed by atoms with Gasteiger partial charge in [0, 0.05) is 6.54 Å². The topological polar surface area (TPSA) is 17.8 Å². The number of alkyl halides is 1. The minimum absolute atomic E-state index is 0.104. The molecule has 0 radical (unpaired) electrons. The lowest BCUT2D eigenvalue weighted by molar-refractivity contribution is 0.101. The lowest BCUT2D eigenvalue weighted by Crippen LogP contribution is -2.34. The summed E-state index contributed by atoms with van der Waals surface area (Å²) in [4.78, 5) is 4.70. The van der Waals surface area contributed by atoms with Gasteiger partial charge in [0.15, 0.2) is 0 Å². The average molecular weight is 311 g/mol. The van der Waals surface area contributed by atoms with Gasteiger partial charge in [-0.05, 0) is 43.7 Å². The van der Waals surface area contributed by atoms with Gasteiger partial charge in [0.2, 0.25) is 0 Å². The van der Waals surface area contributed by atoms with Gasteiger partial charge in [-0.1, -0.05) is 31.0 Å². The van der Waals surface area contributed by atoms with Crippen LogP contribution in [0.3, 0.4) is 0 Å². The Morgan fingerprint density at radius 2 is 2.15 bits per heavy atom. The van der Waals surface area contributed by atoms with E-state index in [0.29, 0.717) is 5.41 Å².